The minimum atomic E-state index is -0.517. The highest BCUT2D eigenvalue weighted by atomic mass is 79.9. The molecule has 0 radical (unpaired) electrons. The molecule has 0 unspecified atom stereocenters. The number of nitrogens with one attached hydrogen (secondary N) is 1. The van der Waals surface area contributed by atoms with Gasteiger partial charge in [-0.15, -0.1) is 0 Å². The molecule has 1 N–H and O–H groups in total. The summed E-state index contributed by atoms with van der Waals surface area (Å²) in [6.07, 6.45) is 1.51. The van der Waals surface area contributed by atoms with Gasteiger partial charge in [0.25, 0.3) is 5.91 Å². The number of anilines is 1. The first-order chi connectivity index (χ1) is 17.0. The summed E-state index contributed by atoms with van der Waals surface area (Å²) in [5.74, 6) is 2.12. The fourth-order valence-electron chi connectivity index (χ4n) is 3.33. The van der Waals surface area contributed by atoms with Crippen LogP contribution in [0, 0.1) is 11.3 Å². The SMILES string of the molecule is CCOc1cccc(NC(=O)/C(C#N)=C\c2cc(Br)c(OCc3ccc4c(c3)OCO4)c(Br)c2)c1. The fourth-order valence-corrected chi connectivity index (χ4v) is 4.78. The van der Waals surface area contributed by atoms with E-state index in [2.05, 4.69) is 37.2 Å². The first kappa shape index (κ1) is 24.6. The van der Waals surface area contributed by atoms with E-state index < -0.39 is 5.91 Å². The lowest BCUT2D eigenvalue weighted by molar-refractivity contribution is -0.112. The topological polar surface area (TPSA) is 89.8 Å². The molecule has 0 saturated carbocycles. The van der Waals surface area contributed by atoms with Crippen LogP contribution >= 0.6 is 31.9 Å². The number of nitrogens with zero attached hydrogens (tertiary/aromatic N) is 1. The molecule has 4 rings (SSSR count). The van der Waals surface area contributed by atoms with E-state index in [1.807, 2.05) is 31.2 Å². The Hall–Kier alpha value is -3.48. The number of ether oxygens (including phenoxy) is 4. The predicted octanol–water partition coefficient (Wildman–Crippen LogP) is 6.46. The molecule has 178 valence electrons. The average Bonchev–Trinajstić information content (AvgIpc) is 3.30. The third-order valence-electron chi connectivity index (χ3n) is 4.92. The maximum atomic E-state index is 12.7. The normalized spacial score (nSPS) is 12.1. The Balaban J connectivity index is 1.47. The van der Waals surface area contributed by atoms with Crippen LogP contribution in [0.1, 0.15) is 18.1 Å². The van der Waals surface area contributed by atoms with Crippen LogP contribution < -0.4 is 24.3 Å². The number of carbonyl (C=O) groups is 1. The van der Waals surface area contributed by atoms with Crippen molar-refractivity contribution in [3.63, 3.8) is 0 Å². The lowest BCUT2D eigenvalue weighted by Gasteiger charge is -2.12. The lowest BCUT2D eigenvalue weighted by atomic mass is 10.1. The molecule has 3 aromatic carbocycles. The Morgan fingerprint density at radius 2 is 1.86 bits per heavy atom. The summed E-state index contributed by atoms with van der Waals surface area (Å²) in [5, 5.41) is 12.3. The van der Waals surface area contributed by atoms with E-state index in [9.17, 15) is 10.1 Å². The van der Waals surface area contributed by atoms with Crippen molar-refractivity contribution in [1.29, 1.82) is 5.26 Å². The van der Waals surface area contributed by atoms with Crippen molar-refractivity contribution in [2.24, 2.45) is 0 Å². The fraction of sp³-hybridized carbons (Fsp3) is 0.154. The van der Waals surface area contributed by atoms with Crippen LogP contribution in [-0.4, -0.2) is 19.3 Å². The summed E-state index contributed by atoms with van der Waals surface area (Å²) in [5.41, 5.74) is 2.07. The van der Waals surface area contributed by atoms with Crippen molar-refractivity contribution in [3.05, 3.63) is 80.2 Å². The van der Waals surface area contributed by atoms with Crippen molar-refractivity contribution < 1.29 is 23.7 Å². The van der Waals surface area contributed by atoms with Gasteiger partial charge in [0.1, 0.15) is 29.7 Å². The highest BCUT2D eigenvalue weighted by molar-refractivity contribution is 9.11. The third kappa shape index (κ3) is 6.15. The van der Waals surface area contributed by atoms with Crippen molar-refractivity contribution >= 4 is 49.5 Å². The largest absolute Gasteiger partial charge is 0.494 e. The molecule has 0 bridgehead atoms. The maximum absolute atomic E-state index is 12.7. The monoisotopic (exact) mass is 598 g/mol. The van der Waals surface area contributed by atoms with E-state index in [4.69, 9.17) is 18.9 Å². The zero-order valence-corrected chi connectivity index (χ0v) is 21.8. The second-order valence-corrected chi connectivity index (χ2v) is 9.08. The zero-order chi connectivity index (χ0) is 24.8. The average molecular weight is 600 g/mol. The zero-order valence-electron chi connectivity index (χ0n) is 18.6. The molecule has 0 saturated heterocycles. The number of benzene rings is 3. The van der Waals surface area contributed by atoms with Gasteiger partial charge in [0, 0.05) is 11.8 Å². The van der Waals surface area contributed by atoms with Gasteiger partial charge in [0.2, 0.25) is 6.79 Å². The van der Waals surface area contributed by atoms with Gasteiger partial charge >= 0.3 is 0 Å². The number of fused-ring (bicyclic) bond motifs is 1. The molecule has 0 aliphatic carbocycles. The summed E-state index contributed by atoms with van der Waals surface area (Å²) in [6, 6.07) is 18.2. The van der Waals surface area contributed by atoms with Gasteiger partial charge in [0.05, 0.1) is 15.6 Å². The first-order valence-electron chi connectivity index (χ1n) is 10.6. The number of amides is 1. The molecule has 0 atom stereocenters. The predicted molar refractivity (Wildman–Crippen MR) is 139 cm³/mol. The Kier molecular flexibility index (Phi) is 7.95. The number of carbonyl (C=O) groups excluding carboxylic acids is 1. The molecule has 35 heavy (non-hydrogen) atoms. The van der Waals surface area contributed by atoms with Crippen LogP contribution in [0.25, 0.3) is 6.08 Å². The molecule has 9 heteroatoms. The molecule has 3 aromatic rings. The summed E-state index contributed by atoms with van der Waals surface area (Å²) < 4.78 is 23.5. The minimum Gasteiger partial charge on any atom is -0.494 e. The maximum Gasteiger partial charge on any atom is 0.266 e. The van der Waals surface area contributed by atoms with Crippen LogP contribution in [0.2, 0.25) is 0 Å². The van der Waals surface area contributed by atoms with Crippen molar-refractivity contribution in [2.75, 3.05) is 18.7 Å². The van der Waals surface area contributed by atoms with E-state index in [-0.39, 0.29) is 12.4 Å². The Morgan fingerprint density at radius 1 is 1.09 bits per heavy atom. The smallest absolute Gasteiger partial charge is 0.266 e. The standard InChI is InChI=1S/C26H20Br2N2O5/c1-2-32-20-5-3-4-19(12-20)30-26(31)18(13-29)8-17-9-21(27)25(22(28)10-17)33-14-16-6-7-23-24(11-16)35-15-34-23/h3-12H,2,14-15H2,1H3,(H,30,31)/b18-8-. The first-order valence-corrected chi connectivity index (χ1v) is 12.2. The van der Waals surface area contributed by atoms with Crippen molar-refractivity contribution in [3.8, 4) is 29.1 Å². The molecular weight excluding hydrogens is 580 g/mol. The number of rotatable bonds is 8. The van der Waals surface area contributed by atoms with Crippen LogP contribution in [-0.2, 0) is 11.4 Å². The van der Waals surface area contributed by atoms with E-state index in [0.29, 0.717) is 56.4 Å². The molecule has 0 aromatic heterocycles. The van der Waals surface area contributed by atoms with Gasteiger partial charge in [-0.25, -0.2) is 0 Å². The Bertz CT molecular complexity index is 1310. The second kappa shape index (κ2) is 11.3. The third-order valence-corrected chi connectivity index (χ3v) is 6.10. The summed E-state index contributed by atoms with van der Waals surface area (Å²) in [7, 11) is 0. The molecule has 7 nitrogen and oxygen atoms in total. The van der Waals surface area contributed by atoms with Crippen molar-refractivity contribution in [1.82, 2.24) is 0 Å². The van der Waals surface area contributed by atoms with Crippen molar-refractivity contribution in [2.45, 2.75) is 13.5 Å². The van der Waals surface area contributed by atoms with Gasteiger partial charge < -0.3 is 24.3 Å². The van der Waals surface area contributed by atoms with Gasteiger partial charge in [-0.05, 0) is 92.4 Å². The molecule has 0 fully saturated rings. The summed E-state index contributed by atoms with van der Waals surface area (Å²) >= 11 is 7.04. The summed E-state index contributed by atoms with van der Waals surface area (Å²) in [4.78, 5) is 12.7. The van der Waals surface area contributed by atoms with Gasteiger partial charge in [-0.3, -0.25) is 4.79 Å². The van der Waals surface area contributed by atoms with Crippen LogP contribution in [0.4, 0.5) is 5.69 Å². The number of hydrogen-bond donors (Lipinski definition) is 1. The number of halogens is 2. The van der Waals surface area contributed by atoms with E-state index in [0.717, 1.165) is 5.56 Å². The molecule has 1 aliphatic rings. The highest BCUT2D eigenvalue weighted by Crippen LogP contribution is 2.37. The van der Waals surface area contributed by atoms with Crippen LogP contribution in [0.3, 0.4) is 0 Å². The lowest BCUT2D eigenvalue weighted by Crippen LogP contribution is -2.13. The van der Waals surface area contributed by atoms with Gasteiger partial charge in [-0.1, -0.05) is 12.1 Å². The summed E-state index contributed by atoms with van der Waals surface area (Å²) in [6.45, 7) is 2.93. The van der Waals surface area contributed by atoms with Crippen LogP contribution in [0.15, 0.2) is 69.1 Å². The van der Waals surface area contributed by atoms with E-state index in [1.54, 1.807) is 36.4 Å². The number of nitriles is 1. The molecule has 1 aliphatic heterocycles. The van der Waals surface area contributed by atoms with Gasteiger partial charge in [0.15, 0.2) is 11.5 Å². The Morgan fingerprint density at radius 3 is 2.60 bits per heavy atom. The Labute approximate surface area is 219 Å². The number of hydrogen-bond acceptors (Lipinski definition) is 6. The molecular formula is C26H20Br2N2O5. The van der Waals surface area contributed by atoms with Crippen LogP contribution in [0.5, 0.6) is 23.0 Å². The van der Waals surface area contributed by atoms with E-state index in [1.165, 1.54) is 6.08 Å². The molecule has 1 heterocycles. The quantitative estimate of drug-likeness (QED) is 0.236. The second-order valence-electron chi connectivity index (χ2n) is 7.37. The minimum absolute atomic E-state index is 0.0420. The van der Waals surface area contributed by atoms with E-state index >= 15 is 0 Å². The highest BCUT2D eigenvalue weighted by Gasteiger charge is 2.15. The molecule has 1 amide bonds. The molecule has 0 spiro atoms. The van der Waals surface area contributed by atoms with Gasteiger partial charge in [-0.2, -0.15) is 5.26 Å².